The summed E-state index contributed by atoms with van der Waals surface area (Å²) in [6.45, 7) is 2.38. The second-order valence-corrected chi connectivity index (χ2v) is 14.0. The van der Waals surface area contributed by atoms with Crippen LogP contribution in [0.25, 0.3) is 87.0 Å². The maximum Gasteiger partial charge on any atom is 0.0746 e. The lowest BCUT2D eigenvalue weighted by atomic mass is 9.73. The van der Waals surface area contributed by atoms with E-state index in [4.69, 9.17) is 4.98 Å². The fraction of sp³-hybridized carbons (Fsp3) is 0.0408. The van der Waals surface area contributed by atoms with Crippen molar-refractivity contribution in [2.75, 3.05) is 0 Å². The molecule has 10 aromatic rings. The number of para-hydroxylation sites is 1. The minimum atomic E-state index is -0.323. The SMILES string of the molecule is CC1(c2cccc3cccnc23)c2ccccc2-c2cc(-c3ccc4c5ccccc5c5c6ccccc6c6ccccc6c5c4c3)ccc21. The Balaban J connectivity index is 1.20. The van der Waals surface area contributed by atoms with Gasteiger partial charge in [-0.1, -0.05) is 146 Å². The molecule has 1 aliphatic rings. The number of pyridine rings is 1. The van der Waals surface area contributed by atoms with E-state index in [1.54, 1.807) is 0 Å². The van der Waals surface area contributed by atoms with Crippen molar-refractivity contribution in [3.63, 3.8) is 0 Å². The van der Waals surface area contributed by atoms with E-state index in [-0.39, 0.29) is 5.41 Å². The van der Waals surface area contributed by atoms with E-state index < -0.39 is 0 Å². The molecule has 1 atom stereocenters. The smallest absolute Gasteiger partial charge is 0.0746 e. The van der Waals surface area contributed by atoms with Crippen molar-refractivity contribution in [1.82, 2.24) is 4.98 Å². The average molecular weight is 634 g/mol. The van der Waals surface area contributed by atoms with E-state index in [0.29, 0.717) is 0 Å². The van der Waals surface area contributed by atoms with Crippen molar-refractivity contribution < 1.29 is 0 Å². The van der Waals surface area contributed by atoms with Crippen molar-refractivity contribution in [1.29, 1.82) is 0 Å². The summed E-state index contributed by atoms with van der Waals surface area (Å²) in [5.41, 5.74) is 9.71. The first kappa shape index (κ1) is 27.6. The number of rotatable bonds is 2. The lowest BCUT2D eigenvalue weighted by Crippen LogP contribution is -2.23. The molecule has 0 fully saturated rings. The lowest BCUT2D eigenvalue weighted by Gasteiger charge is -2.29. The fourth-order valence-corrected chi connectivity index (χ4v) is 9.28. The summed E-state index contributed by atoms with van der Waals surface area (Å²) in [6.07, 6.45) is 1.92. The van der Waals surface area contributed by atoms with Crippen LogP contribution in [0.3, 0.4) is 0 Å². The first-order chi connectivity index (χ1) is 24.7. The molecule has 0 spiro atoms. The van der Waals surface area contributed by atoms with Gasteiger partial charge in [-0.3, -0.25) is 4.98 Å². The van der Waals surface area contributed by atoms with Gasteiger partial charge in [0.2, 0.25) is 0 Å². The summed E-state index contributed by atoms with van der Waals surface area (Å²) in [4.78, 5) is 4.90. The average Bonchev–Trinajstić information content (AvgIpc) is 3.45. The quantitative estimate of drug-likeness (QED) is 0.173. The van der Waals surface area contributed by atoms with E-state index in [2.05, 4.69) is 165 Å². The van der Waals surface area contributed by atoms with E-state index in [0.717, 1.165) is 5.52 Å². The normalized spacial score (nSPS) is 15.4. The van der Waals surface area contributed by atoms with Gasteiger partial charge >= 0.3 is 0 Å². The predicted molar refractivity (Wildman–Crippen MR) is 212 cm³/mol. The second-order valence-electron chi connectivity index (χ2n) is 14.0. The topological polar surface area (TPSA) is 12.9 Å². The van der Waals surface area contributed by atoms with Crippen molar-refractivity contribution in [3.8, 4) is 22.3 Å². The van der Waals surface area contributed by atoms with Crippen LogP contribution in [0, 0.1) is 0 Å². The number of benzene rings is 9. The lowest BCUT2D eigenvalue weighted by molar-refractivity contribution is 0.719. The van der Waals surface area contributed by atoms with Crippen LogP contribution < -0.4 is 0 Å². The highest BCUT2D eigenvalue weighted by Gasteiger charge is 2.42. The number of hydrogen-bond donors (Lipinski definition) is 0. The molecule has 0 radical (unpaired) electrons. The highest BCUT2D eigenvalue weighted by Crippen LogP contribution is 2.54. The van der Waals surface area contributed by atoms with Crippen LogP contribution >= 0.6 is 0 Å². The van der Waals surface area contributed by atoms with Gasteiger partial charge in [0.25, 0.3) is 0 Å². The Morgan fingerprint density at radius 2 is 0.900 bits per heavy atom. The fourth-order valence-electron chi connectivity index (χ4n) is 9.28. The number of aromatic nitrogens is 1. The Labute approximate surface area is 290 Å². The summed E-state index contributed by atoms with van der Waals surface area (Å²) in [5.74, 6) is 0. The molecule has 0 aliphatic heterocycles. The van der Waals surface area contributed by atoms with Gasteiger partial charge in [0.05, 0.1) is 5.52 Å². The largest absolute Gasteiger partial charge is 0.256 e. The Hall–Kier alpha value is -6.31. The predicted octanol–water partition coefficient (Wildman–Crippen LogP) is 13.0. The molecule has 1 aliphatic carbocycles. The maximum absolute atomic E-state index is 4.90. The third kappa shape index (κ3) is 3.59. The standard InChI is InChI=1S/C49H31N/c1-49(45-22-10-12-30-13-11-27-50-48(30)45)43-21-9-8-17-37(43)41-28-32(24-26-44(41)49)31-23-25-36-35-16-4-6-19-39(35)46-38-18-5-2-14-33(38)34-15-3-7-20-40(34)47(46)42(36)29-31/h2-29H,1H3. The molecule has 50 heavy (non-hydrogen) atoms. The molecule has 1 nitrogen and oxygen atoms in total. The summed E-state index contributed by atoms with van der Waals surface area (Å²) in [7, 11) is 0. The van der Waals surface area contributed by atoms with Gasteiger partial charge in [-0.05, 0) is 118 Å². The van der Waals surface area contributed by atoms with Crippen LogP contribution in [0.4, 0.5) is 0 Å². The molecule has 0 saturated carbocycles. The third-order valence-corrected chi connectivity index (χ3v) is 11.5. The molecule has 0 bridgehead atoms. The molecule has 1 aromatic heterocycles. The Morgan fingerprint density at radius 3 is 1.62 bits per heavy atom. The summed E-state index contributed by atoms with van der Waals surface area (Å²) in [5, 5.41) is 14.2. The van der Waals surface area contributed by atoms with Gasteiger partial charge in [-0.15, -0.1) is 0 Å². The van der Waals surface area contributed by atoms with E-state index >= 15 is 0 Å². The van der Waals surface area contributed by atoms with Gasteiger partial charge in [-0.25, -0.2) is 0 Å². The molecule has 232 valence electrons. The summed E-state index contributed by atoms with van der Waals surface area (Å²) in [6, 6.07) is 60.8. The van der Waals surface area contributed by atoms with Crippen molar-refractivity contribution >= 4 is 64.8 Å². The molecule has 0 saturated heterocycles. The van der Waals surface area contributed by atoms with Crippen LogP contribution in [0.2, 0.25) is 0 Å². The van der Waals surface area contributed by atoms with Crippen molar-refractivity contribution in [2.24, 2.45) is 0 Å². The molecule has 0 amide bonds. The second kappa shape index (κ2) is 10.1. The third-order valence-electron chi connectivity index (χ3n) is 11.5. The van der Waals surface area contributed by atoms with E-state index in [1.807, 2.05) is 12.3 Å². The molecule has 0 N–H and O–H groups in total. The van der Waals surface area contributed by atoms with E-state index in [9.17, 15) is 0 Å². The molecule has 1 heteroatoms. The van der Waals surface area contributed by atoms with Crippen molar-refractivity contribution in [3.05, 3.63) is 187 Å². The zero-order valence-electron chi connectivity index (χ0n) is 27.6. The number of hydrogen-bond acceptors (Lipinski definition) is 1. The molecular weight excluding hydrogens is 603 g/mol. The van der Waals surface area contributed by atoms with Crippen LogP contribution in [0.5, 0.6) is 0 Å². The molecular formula is C49H31N. The highest BCUT2D eigenvalue weighted by molar-refractivity contribution is 6.39. The summed E-state index contributed by atoms with van der Waals surface area (Å²) >= 11 is 0. The Morgan fingerprint density at radius 1 is 0.380 bits per heavy atom. The maximum atomic E-state index is 4.90. The number of fused-ring (bicyclic) bond motifs is 15. The number of nitrogens with zero attached hydrogens (tertiary/aromatic N) is 1. The van der Waals surface area contributed by atoms with Crippen LogP contribution in [-0.2, 0) is 5.41 Å². The molecule has 9 aromatic carbocycles. The van der Waals surface area contributed by atoms with Gasteiger partial charge in [0.15, 0.2) is 0 Å². The molecule has 11 rings (SSSR count). The van der Waals surface area contributed by atoms with E-state index in [1.165, 1.54) is 98.2 Å². The van der Waals surface area contributed by atoms with Gasteiger partial charge < -0.3 is 0 Å². The van der Waals surface area contributed by atoms with Gasteiger partial charge in [0, 0.05) is 17.0 Å². The van der Waals surface area contributed by atoms with Crippen LogP contribution in [-0.4, -0.2) is 4.98 Å². The monoisotopic (exact) mass is 633 g/mol. The zero-order chi connectivity index (χ0) is 33.0. The summed E-state index contributed by atoms with van der Waals surface area (Å²) < 4.78 is 0. The first-order valence-electron chi connectivity index (χ1n) is 17.5. The zero-order valence-corrected chi connectivity index (χ0v) is 27.6. The Kier molecular flexibility index (Phi) is 5.58. The van der Waals surface area contributed by atoms with Gasteiger partial charge in [-0.2, -0.15) is 0 Å². The van der Waals surface area contributed by atoms with Crippen LogP contribution in [0.15, 0.2) is 170 Å². The Bertz CT molecular complexity index is 3040. The van der Waals surface area contributed by atoms with Crippen molar-refractivity contribution in [2.45, 2.75) is 12.3 Å². The minimum Gasteiger partial charge on any atom is -0.256 e. The molecule has 1 unspecified atom stereocenters. The highest BCUT2D eigenvalue weighted by atomic mass is 14.7. The van der Waals surface area contributed by atoms with Gasteiger partial charge in [0.1, 0.15) is 0 Å². The molecule has 1 heterocycles. The first-order valence-corrected chi connectivity index (χ1v) is 17.5. The van der Waals surface area contributed by atoms with Crippen LogP contribution in [0.1, 0.15) is 23.6 Å². The minimum absolute atomic E-state index is 0.323.